The van der Waals surface area contributed by atoms with Crippen LogP contribution in [0.5, 0.6) is 0 Å². The summed E-state index contributed by atoms with van der Waals surface area (Å²) < 4.78 is 0. The van der Waals surface area contributed by atoms with Crippen LogP contribution in [-0.4, -0.2) is 29.1 Å². The average molecular weight is 280 g/mol. The molecule has 0 radical (unpaired) electrons. The molecule has 1 aromatic rings. The Bertz CT molecular complexity index is 503. The van der Waals surface area contributed by atoms with Crippen molar-refractivity contribution >= 4 is 23.1 Å². The quantitative estimate of drug-likeness (QED) is 0.846. The van der Waals surface area contributed by atoms with Gasteiger partial charge in [-0.2, -0.15) is 0 Å². The van der Waals surface area contributed by atoms with Gasteiger partial charge in [0.1, 0.15) is 0 Å². The zero-order valence-corrected chi connectivity index (χ0v) is 11.7. The van der Waals surface area contributed by atoms with Gasteiger partial charge in [0, 0.05) is 17.6 Å². The molecule has 0 aliphatic carbocycles. The van der Waals surface area contributed by atoms with Crippen molar-refractivity contribution in [3.8, 4) is 0 Å². The van der Waals surface area contributed by atoms with Crippen molar-refractivity contribution in [2.24, 2.45) is 0 Å². The Morgan fingerprint density at radius 3 is 2.47 bits per heavy atom. The normalized spacial score (nSPS) is 29.6. The zero-order valence-electron chi connectivity index (χ0n) is 11.0. The third-order valence-corrected chi connectivity index (χ3v) is 4.64. The minimum absolute atomic E-state index is 0.0329. The van der Waals surface area contributed by atoms with Gasteiger partial charge in [0.05, 0.1) is 16.8 Å². The Hall–Kier alpha value is -1.06. The number of hydrogen-bond donors (Lipinski definition) is 1. The van der Waals surface area contributed by atoms with E-state index in [0.29, 0.717) is 22.7 Å². The topological polar surface area (TPSA) is 40.5 Å². The summed E-state index contributed by atoms with van der Waals surface area (Å²) in [5, 5.41) is 10.5. The maximum atomic E-state index is 11.4. The van der Waals surface area contributed by atoms with E-state index < -0.39 is 0 Å². The number of ketones is 1. The minimum Gasteiger partial charge on any atom is -0.393 e. The second-order valence-electron chi connectivity index (χ2n) is 5.64. The number of nitrogens with zero attached hydrogens (tertiary/aromatic N) is 1. The average Bonchev–Trinajstić information content (AvgIpc) is 2.62. The number of anilines is 1. The summed E-state index contributed by atoms with van der Waals surface area (Å²) in [7, 11) is 0. The molecule has 2 heterocycles. The largest absolute Gasteiger partial charge is 0.393 e. The molecule has 2 fully saturated rings. The molecule has 2 saturated heterocycles. The molecule has 0 amide bonds. The number of aliphatic hydroxyl groups excluding tert-OH is 1. The number of benzene rings is 1. The molecule has 102 valence electrons. The number of carbonyl (C=O) groups is 1. The Balaban J connectivity index is 1.93. The Labute approximate surface area is 118 Å². The monoisotopic (exact) mass is 279 g/mol. The highest BCUT2D eigenvalue weighted by atomic mass is 35.5. The van der Waals surface area contributed by atoms with Crippen LogP contribution in [0.4, 0.5) is 5.69 Å². The summed E-state index contributed by atoms with van der Waals surface area (Å²) in [6, 6.07) is 6.31. The van der Waals surface area contributed by atoms with Crippen LogP contribution in [0.15, 0.2) is 18.2 Å². The predicted octanol–water partition coefficient (Wildman–Crippen LogP) is 3.03. The lowest BCUT2D eigenvalue weighted by molar-refractivity contribution is 0.101. The van der Waals surface area contributed by atoms with Crippen molar-refractivity contribution < 1.29 is 9.90 Å². The third-order valence-electron chi connectivity index (χ3n) is 4.34. The zero-order chi connectivity index (χ0) is 13.6. The fourth-order valence-corrected chi connectivity index (χ4v) is 3.76. The van der Waals surface area contributed by atoms with E-state index in [1.54, 1.807) is 13.0 Å². The lowest BCUT2D eigenvalue weighted by atomic mass is 9.98. The van der Waals surface area contributed by atoms with E-state index in [0.717, 1.165) is 31.4 Å². The van der Waals surface area contributed by atoms with E-state index in [1.165, 1.54) is 0 Å². The van der Waals surface area contributed by atoms with Gasteiger partial charge in [0.25, 0.3) is 0 Å². The smallest absolute Gasteiger partial charge is 0.159 e. The molecule has 0 spiro atoms. The molecular formula is C15H18ClNO2. The first-order valence-electron chi connectivity index (χ1n) is 6.83. The fourth-order valence-electron chi connectivity index (χ4n) is 3.48. The van der Waals surface area contributed by atoms with Gasteiger partial charge >= 0.3 is 0 Å². The molecule has 0 aromatic heterocycles. The summed E-state index contributed by atoms with van der Waals surface area (Å²) in [4.78, 5) is 13.7. The van der Waals surface area contributed by atoms with Crippen molar-refractivity contribution in [3.05, 3.63) is 28.8 Å². The summed E-state index contributed by atoms with van der Waals surface area (Å²) in [6.45, 7) is 1.55. The van der Waals surface area contributed by atoms with Gasteiger partial charge < -0.3 is 10.0 Å². The van der Waals surface area contributed by atoms with Crippen LogP contribution in [0.25, 0.3) is 0 Å². The van der Waals surface area contributed by atoms with Gasteiger partial charge in [-0.1, -0.05) is 11.6 Å². The fraction of sp³-hybridized carbons (Fsp3) is 0.533. The van der Waals surface area contributed by atoms with E-state index in [1.807, 2.05) is 12.1 Å². The predicted molar refractivity (Wildman–Crippen MR) is 76.0 cm³/mol. The molecule has 19 heavy (non-hydrogen) atoms. The molecule has 2 aliphatic heterocycles. The number of aliphatic hydroxyl groups is 1. The summed E-state index contributed by atoms with van der Waals surface area (Å²) in [5.41, 5.74) is 1.66. The minimum atomic E-state index is -0.177. The van der Waals surface area contributed by atoms with Gasteiger partial charge in [0.2, 0.25) is 0 Å². The van der Waals surface area contributed by atoms with Gasteiger partial charge in [-0.05, 0) is 50.8 Å². The van der Waals surface area contributed by atoms with Crippen molar-refractivity contribution in [1.82, 2.24) is 0 Å². The highest BCUT2D eigenvalue weighted by molar-refractivity contribution is 6.33. The molecule has 0 saturated carbocycles. The summed E-state index contributed by atoms with van der Waals surface area (Å²) in [6.07, 6.45) is 3.70. The molecular weight excluding hydrogens is 262 g/mol. The molecule has 1 N–H and O–H groups in total. The molecule has 4 heteroatoms. The first-order valence-corrected chi connectivity index (χ1v) is 7.21. The van der Waals surface area contributed by atoms with Crippen LogP contribution >= 0.6 is 11.6 Å². The lowest BCUT2D eigenvalue weighted by Gasteiger charge is -2.39. The van der Waals surface area contributed by atoms with E-state index in [9.17, 15) is 9.90 Å². The van der Waals surface area contributed by atoms with Gasteiger partial charge in [-0.3, -0.25) is 4.79 Å². The second-order valence-corrected chi connectivity index (χ2v) is 6.05. The van der Waals surface area contributed by atoms with Crippen LogP contribution in [0.3, 0.4) is 0 Å². The van der Waals surface area contributed by atoms with Gasteiger partial charge in [-0.15, -0.1) is 0 Å². The standard InChI is InChI=1S/C15H18ClNO2/c1-9(18)10-2-5-15(14(16)6-10)17-11-3-4-12(17)8-13(19)7-11/h2,5-6,11-13,19H,3-4,7-8H2,1H3. The van der Waals surface area contributed by atoms with Crippen molar-refractivity contribution in [2.75, 3.05) is 4.90 Å². The van der Waals surface area contributed by atoms with Crippen LogP contribution in [0.1, 0.15) is 43.0 Å². The molecule has 2 unspecified atom stereocenters. The molecule has 2 aliphatic rings. The molecule has 3 rings (SSSR count). The summed E-state index contributed by atoms with van der Waals surface area (Å²) in [5.74, 6) is 0.0329. The number of rotatable bonds is 2. The third kappa shape index (κ3) is 2.26. The van der Waals surface area contributed by atoms with Crippen LogP contribution in [0.2, 0.25) is 5.02 Å². The van der Waals surface area contributed by atoms with Crippen LogP contribution in [0, 0.1) is 0 Å². The Morgan fingerprint density at radius 1 is 1.32 bits per heavy atom. The maximum Gasteiger partial charge on any atom is 0.159 e. The van der Waals surface area contributed by atoms with Crippen molar-refractivity contribution in [3.63, 3.8) is 0 Å². The van der Waals surface area contributed by atoms with Crippen LogP contribution < -0.4 is 4.90 Å². The van der Waals surface area contributed by atoms with Crippen molar-refractivity contribution in [1.29, 1.82) is 0 Å². The second kappa shape index (κ2) is 4.80. The van der Waals surface area contributed by atoms with E-state index >= 15 is 0 Å². The maximum absolute atomic E-state index is 11.4. The lowest BCUT2D eigenvalue weighted by Crippen LogP contribution is -2.44. The van der Waals surface area contributed by atoms with E-state index in [-0.39, 0.29) is 11.9 Å². The first kappa shape index (κ1) is 12.9. The molecule has 1 aromatic carbocycles. The number of Topliss-reactive ketones (excluding diaryl/α,β-unsaturated/α-hetero) is 1. The summed E-state index contributed by atoms with van der Waals surface area (Å²) >= 11 is 6.35. The Morgan fingerprint density at radius 2 is 1.95 bits per heavy atom. The number of hydrogen-bond acceptors (Lipinski definition) is 3. The molecule has 3 nitrogen and oxygen atoms in total. The molecule has 2 bridgehead atoms. The van der Waals surface area contributed by atoms with E-state index in [4.69, 9.17) is 11.6 Å². The first-order chi connectivity index (χ1) is 9.06. The van der Waals surface area contributed by atoms with Gasteiger partial charge in [-0.25, -0.2) is 0 Å². The number of piperidine rings is 1. The highest BCUT2D eigenvalue weighted by Gasteiger charge is 2.40. The Kier molecular flexibility index (Phi) is 3.27. The highest BCUT2D eigenvalue weighted by Crippen LogP contribution is 2.42. The molecule has 2 atom stereocenters. The number of halogens is 1. The number of fused-ring (bicyclic) bond motifs is 2. The number of carbonyl (C=O) groups excluding carboxylic acids is 1. The van der Waals surface area contributed by atoms with Crippen molar-refractivity contribution in [2.45, 2.75) is 50.8 Å². The SMILES string of the molecule is CC(=O)c1ccc(N2C3CCC2CC(O)C3)c(Cl)c1. The van der Waals surface area contributed by atoms with E-state index in [2.05, 4.69) is 4.90 Å². The van der Waals surface area contributed by atoms with Crippen LogP contribution in [-0.2, 0) is 0 Å². The van der Waals surface area contributed by atoms with Gasteiger partial charge in [0.15, 0.2) is 5.78 Å².